The van der Waals surface area contributed by atoms with E-state index in [1.165, 1.54) is 35.0 Å². The molecular weight excluding hydrogens is 284 g/mol. The number of hydrogen-bond acceptors (Lipinski definition) is 3. The fraction of sp³-hybridized carbons (Fsp3) is 0.125. The lowest BCUT2D eigenvalue weighted by atomic mass is 10.1. The first-order valence-electron chi connectivity index (χ1n) is 6.53. The highest BCUT2D eigenvalue weighted by Gasteiger charge is 2.06. The highest BCUT2D eigenvalue weighted by Crippen LogP contribution is 2.06. The third kappa shape index (κ3) is 3.20. The Kier molecular flexibility index (Phi) is 3.83. The second-order valence-electron chi connectivity index (χ2n) is 4.73. The Morgan fingerprint density at radius 1 is 1.29 bits per heavy atom. The van der Waals surface area contributed by atoms with Gasteiger partial charge in [0.15, 0.2) is 4.80 Å². The predicted molar refractivity (Wildman–Crippen MR) is 81.2 cm³/mol. The predicted octanol–water partition coefficient (Wildman–Crippen LogP) is 3.24. The average Bonchev–Trinajstić information content (AvgIpc) is 3.14. The van der Waals surface area contributed by atoms with Crippen molar-refractivity contribution >= 4 is 17.2 Å². The number of carbonyl (C=O) groups is 1. The lowest BCUT2D eigenvalue weighted by Gasteiger charge is -2.03. The zero-order chi connectivity index (χ0) is 14.7. The van der Waals surface area contributed by atoms with E-state index in [0.29, 0.717) is 16.9 Å². The number of benzene rings is 1. The normalized spacial score (nSPS) is 11.8. The summed E-state index contributed by atoms with van der Waals surface area (Å²) in [4.78, 5) is 16.8. The van der Waals surface area contributed by atoms with Crippen LogP contribution in [0.25, 0.3) is 0 Å². The van der Waals surface area contributed by atoms with E-state index in [2.05, 4.69) is 36.2 Å². The number of rotatable bonds is 3. The molecule has 0 aliphatic rings. The summed E-state index contributed by atoms with van der Waals surface area (Å²) < 4.78 is 6.87. The van der Waals surface area contributed by atoms with E-state index in [1.54, 1.807) is 6.07 Å². The molecule has 1 aromatic carbocycles. The summed E-state index contributed by atoms with van der Waals surface area (Å²) in [5.41, 5.74) is 2.87. The summed E-state index contributed by atoms with van der Waals surface area (Å²) >= 11 is 1.44. The smallest absolute Gasteiger partial charge is 0.282 e. The summed E-state index contributed by atoms with van der Waals surface area (Å²) in [5, 5.41) is 1.93. The van der Waals surface area contributed by atoms with E-state index in [1.807, 2.05) is 16.1 Å². The molecule has 0 radical (unpaired) electrons. The highest BCUT2D eigenvalue weighted by atomic mass is 32.1. The van der Waals surface area contributed by atoms with Gasteiger partial charge >= 0.3 is 0 Å². The first-order valence-corrected chi connectivity index (χ1v) is 7.41. The van der Waals surface area contributed by atoms with Crippen LogP contribution in [0.15, 0.2) is 63.8 Å². The fourth-order valence-electron chi connectivity index (χ4n) is 1.93. The maximum absolute atomic E-state index is 12.0. The topological polar surface area (TPSA) is 47.5 Å². The molecule has 5 heteroatoms. The van der Waals surface area contributed by atoms with Gasteiger partial charge < -0.3 is 8.98 Å². The summed E-state index contributed by atoms with van der Waals surface area (Å²) in [6.45, 7) is 2.76. The maximum Gasteiger partial charge on any atom is 0.282 e. The number of hydrogen-bond donors (Lipinski definition) is 0. The molecule has 0 saturated heterocycles. The van der Waals surface area contributed by atoms with Crippen molar-refractivity contribution in [1.82, 2.24) is 4.57 Å². The largest absolute Gasteiger partial charge is 0.472 e. The standard InChI is InChI=1S/C16H14N2O2S/c1-12-2-4-13(5-3-12)10-18-7-9-21-16(18)17-15(19)14-6-8-20-11-14/h2-9,11H,10H2,1H3. The molecule has 1 amide bonds. The van der Waals surface area contributed by atoms with Crippen LogP contribution in [0.5, 0.6) is 0 Å². The number of amides is 1. The third-order valence-corrected chi connectivity index (χ3v) is 3.89. The molecule has 0 saturated carbocycles. The third-order valence-electron chi connectivity index (χ3n) is 3.10. The van der Waals surface area contributed by atoms with E-state index < -0.39 is 0 Å². The van der Waals surface area contributed by atoms with Crippen molar-refractivity contribution in [3.05, 3.63) is 75.9 Å². The van der Waals surface area contributed by atoms with Gasteiger partial charge in [0.1, 0.15) is 6.26 Å². The maximum atomic E-state index is 12.0. The van der Waals surface area contributed by atoms with Gasteiger partial charge in [-0.1, -0.05) is 29.8 Å². The van der Waals surface area contributed by atoms with Gasteiger partial charge in [0.05, 0.1) is 11.8 Å². The van der Waals surface area contributed by atoms with Crippen LogP contribution in [-0.4, -0.2) is 10.5 Å². The fourth-order valence-corrected chi connectivity index (χ4v) is 2.66. The second-order valence-corrected chi connectivity index (χ2v) is 5.60. The molecule has 0 aliphatic heterocycles. The minimum atomic E-state index is -0.288. The van der Waals surface area contributed by atoms with Crippen molar-refractivity contribution in [2.45, 2.75) is 13.5 Å². The van der Waals surface area contributed by atoms with E-state index in [4.69, 9.17) is 4.42 Å². The van der Waals surface area contributed by atoms with Gasteiger partial charge in [0.25, 0.3) is 5.91 Å². The molecule has 0 atom stereocenters. The van der Waals surface area contributed by atoms with Crippen molar-refractivity contribution in [3.63, 3.8) is 0 Å². The lowest BCUT2D eigenvalue weighted by molar-refractivity contribution is 0.0997. The van der Waals surface area contributed by atoms with E-state index in [0.717, 1.165) is 0 Å². The van der Waals surface area contributed by atoms with Crippen molar-refractivity contribution < 1.29 is 9.21 Å². The first-order chi connectivity index (χ1) is 10.2. The van der Waals surface area contributed by atoms with Crippen molar-refractivity contribution in [3.8, 4) is 0 Å². The molecule has 4 nitrogen and oxygen atoms in total. The summed E-state index contributed by atoms with van der Waals surface area (Å²) in [5.74, 6) is -0.288. The van der Waals surface area contributed by atoms with Gasteiger partial charge in [-0.3, -0.25) is 4.79 Å². The van der Waals surface area contributed by atoms with Crippen LogP contribution in [-0.2, 0) is 6.54 Å². The molecule has 3 rings (SSSR count). The zero-order valence-corrected chi connectivity index (χ0v) is 12.3. The van der Waals surface area contributed by atoms with Gasteiger partial charge in [-0.05, 0) is 18.6 Å². The van der Waals surface area contributed by atoms with Crippen LogP contribution < -0.4 is 4.80 Å². The highest BCUT2D eigenvalue weighted by molar-refractivity contribution is 7.07. The molecule has 21 heavy (non-hydrogen) atoms. The Balaban J connectivity index is 1.87. The quantitative estimate of drug-likeness (QED) is 0.745. The van der Waals surface area contributed by atoms with Crippen LogP contribution >= 0.6 is 11.3 Å². The number of carbonyl (C=O) groups excluding carboxylic acids is 1. The molecule has 0 spiro atoms. The molecular formula is C16H14N2O2S. The Hall–Kier alpha value is -2.40. The van der Waals surface area contributed by atoms with Crippen molar-refractivity contribution in [2.75, 3.05) is 0 Å². The van der Waals surface area contributed by atoms with Crippen LogP contribution in [0.3, 0.4) is 0 Å². The van der Waals surface area contributed by atoms with Crippen LogP contribution in [0.4, 0.5) is 0 Å². The number of aryl methyl sites for hydroxylation is 1. The minimum Gasteiger partial charge on any atom is -0.472 e. The summed E-state index contributed by atoms with van der Waals surface area (Å²) in [6, 6.07) is 9.94. The SMILES string of the molecule is Cc1ccc(Cn2ccsc2=NC(=O)c2ccoc2)cc1. The Morgan fingerprint density at radius 2 is 2.10 bits per heavy atom. The molecule has 2 aromatic heterocycles. The lowest BCUT2D eigenvalue weighted by Crippen LogP contribution is -2.16. The zero-order valence-electron chi connectivity index (χ0n) is 11.5. The molecule has 0 fully saturated rings. The molecule has 0 unspecified atom stereocenters. The minimum absolute atomic E-state index is 0.288. The number of furan rings is 1. The van der Waals surface area contributed by atoms with Gasteiger partial charge in [0, 0.05) is 18.1 Å². The van der Waals surface area contributed by atoms with Crippen molar-refractivity contribution in [2.24, 2.45) is 4.99 Å². The Morgan fingerprint density at radius 3 is 2.81 bits per heavy atom. The van der Waals surface area contributed by atoms with Gasteiger partial charge in [-0.2, -0.15) is 4.99 Å². The molecule has 2 heterocycles. The van der Waals surface area contributed by atoms with Crippen LogP contribution in [0.2, 0.25) is 0 Å². The first kappa shape index (κ1) is 13.6. The number of thiazole rings is 1. The van der Waals surface area contributed by atoms with Crippen LogP contribution in [0.1, 0.15) is 21.5 Å². The number of nitrogens with zero attached hydrogens (tertiary/aromatic N) is 2. The molecule has 3 aromatic rings. The molecule has 0 bridgehead atoms. The number of aromatic nitrogens is 1. The van der Waals surface area contributed by atoms with Gasteiger partial charge in [0.2, 0.25) is 0 Å². The van der Waals surface area contributed by atoms with Crippen molar-refractivity contribution in [1.29, 1.82) is 0 Å². The monoisotopic (exact) mass is 298 g/mol. The van der Waals surface area contributed by atoms with E-state index in [9.17, 15) is 4.79 Å². The van der Waals surface area contributed by atoms with E-state index >= 15 is 0 Å². The van der Waals surface area contributed by atoms with Crippen LogP contribution in [0, 0.1) is 6.92 Å². The molecule has 106 valence electrons. The van der Waals surface area contributed by atoms with E-state index in [-0.39, 0.29) is 5.91 Å². The molecule has 0 aliphatic carbocycles. The molecule has 0 N–H and O–H groups in total. The Bertz CT molecular complexity index is 795. The summed E-state index contributed by atoms with van der Waals surface area (Å²) in [6.07, 6.45) is 4.81. The van der Waals surface area contributed by atoms with Gasteiger partial charge in [-0.15, -0.1) is 11.3 Å². The average molecular weight is 298 g/mol. The van der Waals surface area contributed by atoms with Gasteiger partial charge in [-0.25, -0.2) is 0 Å². The Labute approximate surface area is 126 Å². The summed E-state index contributed by atoms with van der Waals surface area (Å²) in [7, 11) is 0. The second kappa shape index (κ2) is 5.93.